The van der Waals surface area contributed by atoms with Crippen LogP contribution < -0.4 is 4.90 Å². The van der Waals surface area contributed by atoms with Gasteiger partial charge in [-0.2, -0.15) is 0 Å². The minimum Gasteiger partial charge on any atom is -0.378 e. The van der Waals surface area contributed by atoms with Gasteiger partial charge in [0.2, 0.25) is 0 Å². The fourth-order valence-electron chi connectivity index (χ4n) is 2.66. The summed E-state index contributed by atoms with van der Waals surface area (Å²) in [5, 5.41) is 0. The molecule has 106 valence electrons. The Kier molecular flexibility index (Phi) is 3.61. The Bertz CT molecular complexity index is 696. The lowest BCUT2D eigenvalue weighted by atomic mass is 10.0. The molecular weight excluding hydrogens is 258 g/mol. The molecule has 0 bridgehead atoms. The minimum atomic E-state index is 0.278. The maximum absolute atomic E-state index is 11.6. The van der Waals surface area contributed by atoms with Crippen LogP contribution in [0.25, 0.3) is 12.2 Å². The van der Waals surface area contributed by atoms with Crippen molar-refractivity contribution in [3.63, 3.8) is 0 Å². The fourth-order valence-corrected chi connectivity index (χ4v) is 2.66. The van der Waals surface area contributed by atoms with Crippen molar-refractivity contribution in [2.45, 2.75) is 12.8 Å². The zero-order valence-corrected chi connectivity index (χ0v) is 12.5. The molecule has 0 heterocycles. The number of ketones is 1. The van der Waals surface area contributed by atoms with Gasteiger partial charge in [0.25, 0.3) is 0 Å². The van der Waals surface area contributed by atoms with Crippen molar-refractivity contribution in [1.29, 1.82) is 0 Å². The third kappa shape index (κ3) is 2.89. The molecule has 2 aromatic rings. The van der Waals surface area contributed by atoms with E-state index in [-0.39, 0.29) is 5.78 Å². The smallest absolute Gasteiger partial charge is 0.163 e. The first-order valence-electron chi connectivity index (χ1n) is 7.25. The van der Waals surface area contributed by atoms with Crippen LogP contribution in [0.3, 0.4) is 0 Å². The Balaban J connectivity index is 1.78. The van der Waals surface area contributed by atoms with E-state index in [1.807, 2.05) is 26.2 Å². The highest BCUT2D eigenvalue weighted by Crippen LogP contribution is 2.24. The van der Waals surface area contributed by atoms with Gasteiger partial charge in [0, 0.05) is 31.8 Å². The summed E-state index contributed by atoms with van der Waals surface area (Å²) in [5.74, 6) is 0.278. The first-order valence-corrected chi connectivity index (χ1v) is 7.25. The molecule has 1 aliphatic carbocycles. The third-order valence-corrected chi connectivity index (χ3v) is 3.93. The van der Waals surface area contributed by atoms with Crippen molar-refractivity contribution in [1.82, 2.24) is 0 Å². The van der Waals surface area contributed by atoms with Crippen molar-refractivity contribution in [2.24, 2.45) is 0 Å². The second kappa shape index (κ2) is 5.57. The number of hydrogen-bond acceptors (Lipinski definition) is 2. The zero-order chi connectivity index (χ0) is 14.8. The van der Waals surface area contributed by atoms with Crippen molar-refractivity contribution in [2.75, 3.05) is 19.0 Å². The van der Waals surface area contributed by atoms with Crippen molar-refractivity contribution >= 4 is 23.6 Å². The first-order chi connectivity index (χ1) is 10.1. The molecule has 0 amide bonds. The molecule has 0 saturated carbocycles. The number of Topliss-reactive ketones (excluding diaryl/α,β-unsaturated/α-hetero) is 1. The molecule has 0 N–H and O–H groups in total. The van der Waals surface area contributed by atoms with Crippen LogP contribution in [0.2, 0.25) is 0 Å². The number of fused-ring (bicyclic) bond motifs is 1. The average Bonchev–Trinajstić information content (AvgIpc) is 2.86. The zero-order valence-electron chi connectivity index (χ0n) is 12.5. The average molecular weight is 277 g/mol. The molecule has 0 aromatic heterocycles. The number of nitrogens with zero attached hydrogens (tertiary/aromatic N) is 1. The second-order valence-corrected chi connectivity index (χ2v) is 5.66. The van der Waals surface area contributed by atoms with E-state index in [9.17, 15) is 4.79 Å². The van der Waals surface area contributed by atoms with Crippen molar-refractivity contribution in [3.8, 4) is 0 Å². The highest BCUT2D eigenvalue weighted by Gasteiger charge is 2.18. The molecule has 0 saturated heterocycles. The lowest BCUT2D eigenvalue weighted by Crippen LogP contribution is -2.07. The molecule has 0 fully saturated rings. The molecule has 0 unspecified atom stereocenters. The van der Waals surface area contributed by atoms with Crippen molar-refractivity contribution < 1.29 is 4.79 Å². The number of carbonyl (C=O) groups excluding carboxylic acids is 1. The number of benzene rings is 2. The van der Waals surface area contributed by atoms with Crippen LogP contribution in [0.4, 0.5) is 5.69 Å². The van der Waals surface area contributed by atoms with E-state index < -0.39 is 0 Å². The SMILES string of the molecule is CN(C)c1ccc(/C=C/c2ccc3c(c2)CCC3=O)cc1. The maximum atomic E-state index is 11.6. The Morgan fingerprint density at radius 2 is 1.57 bits per heavy atom. The van der Waals surface area contributed by atoms with Crippen LogP contribution >= 0.6 is 0 Å². The Hall–Kier alpha value is -2.35. The van der Waals surface area contributed by atoms with Gasteiger partial charge in [-0.1, -0.05) is 42.5 Å². The topological polar surface area (TPSA) is 20.3 Å². The maximum Gasteiger partial charge on any atom is 0.163 e. The van der Waals surface area contributed by atoms with E-state index in [0.717, 1.165) is 17.5 Å². The number of rotatable bonds is 3. The van der Waals surface area contributed by atoms with Gasteiger partial charge >= 0.3 is 0 Å². The second-order valence-electron chi connectivity index (χ2n) is 5.66. The van der Waals surface area contributed by atoms with Crippen LogP contribution in [0, 0.1) is 0 Å². The van der Waals surface area contributed by atoms with Crippen LogP contribution in [0.1, 0.15) is 33.5 Å². The van der Waals surface area contributed by atoms with Crippen LogP contribution in [0.15, 0.2) is 42.5 Å². The summed E-state index contributed by atoms with van der Waals surface area (Å²) in [6.07, 6.45) is 5.76. The van der Waals surface area contributed by atoms with Gasteiger partial charge < -0.3 is 4.90 Å². The first kappa shape index (κ1) is 13.6. The Morgan fingerprint density at radius 3 is 2.29 bits per heavy atom. The summed E-state index contributed by atoms with van der Waals surface area (Å²) in [7, 11) is 4.08. The molecule has 21 heavy (non-hydrogen) atoms. The molecule has 2 nitrogen and oxygen atoms in total. The van der Waals surface area contributed by atoms with Gasteiger partial charge in [0.1, 0.15) is 0 Å². The molecule has 1 aliphatic rings. The van der Waals surface area contributed by atoms with Gasteiger partial charge in [-0.15, -0.1) is 0 Å². The number of hydrogen-bond donors (Lipinski definition) is 0. The van der Waals surface area contributed by atoms with Crippen LogP contribution in [-0.2, 0) is 6.42 Å². The molecule has 0 spiro atoms. The quantitative estimate of drug-likeness (QED) is 0.789. The summed E-state index contributed by atoms with van der Waals surface area (Å²) in [6.45, 7) is 0. The molecule has 0 atom stereocenters. The summed E-state index contributed by atoms with van der Waals surface area (Å²) >= 11 is 0. The Labute approximate surface area is 125 Å². The lowest BCUT2D eigenvalue weighted by molar-refractivity contribution is 0.0994. The predicted octanol–water partition coefficient (Wildman–Crippen LogP) is 4.05. The molecule has 2 heteroatoms. The van der Waals surface area contributed by atoms with E-state index in [2.05, 4.69) is 47.4 Å². The largest absolute Gasteiger partial charge is 0.378 e. The highest BCUT2D eigenvalue weighted by molar-refractivity contribution is 6.00. The molecule has 2 aromatic carbocycles. The molecule has 0 radical (unpaired) electrons. The summed E-state index contributed by atoms with van der Waals surface area (Å²) in [6, 6.07) is 14.6. The molecule has 3 rings (SSSR count). The number of aryl methyl sites for hydroxylation is 1. The minimum absolute atomic E-state index is 0.278. The third-order valence-electron chi connectivity index (χ3n) is 3.93. The normalized spacial score (nSPS) is 13.7. The van der Waals surface area contributed by atoms with Crippen LogP contribution in [0.5, 0.6) is 0 Å². The van der Waals surface area contributed by atoms with Gasteiger partial charge in [-0.3, -0.25) is 4.79 Å². The van der Waals surface area contributed by atoms with Gasteiger partial charge in [0.05, 0.1) is 0 Å². The highest BCUT2D eigenvalue weighted by atomic mass is 16.1. The van der Waals surface area contributed by atoms with Gasteiger partial charge in [-0.25, -0.2) is 0 Å². The van der Waals surface area contributed by atoms with E-state index in [0.29, 0.717) is 6.42 Å². The molecular formula is C19H19NO. The molecule has 0 aliphatic heterocycles. The van der Waals surface area contributed by atoms with Gasteiger partial charge in [0.15, 0.2) is 5.78 Å². The van der Waals surface area contributed by atoms with Gasteiger partial charge in [-0.05, 0) is 35.2 Å². The number of anilines is 1. The fraction of sp³-hybridized carbons (Fsp3) is 0.211. The monoisotopic (exact) mass is 277 g/mol. The summed E-state index contributed by atoms with van der Waals surface area (Å²) < 4.78 is 0. The summed E-state index contributed by atoms with van der Waals surface area (Å²) in [5.41, 5.74) is 5.62. The Morgan fingerprint density at radius 1 is 0.905 bits per heavy atom. The van der Waals surface area contributed by atoms with Crippen molar-refractivity contribution in [3.05, 3.63) is 64.7 Å². The predicted molar refractivity (Wildman–Crippen MR) is 88.8 cm³/mol. The number of carbonyl (C=O) groups is 1. The van der Waals surface area contributed by atoms with E-state index in [1.165, 1.54) is 16.8 Å². The summed E-state index contributed by atoms with van der Waals surface area (Å²) in [4.78, 5) is 13.7. The van der Waals surface area contributed by atoms with Crippen LogP contribution in [-0.4, -0.2) is 19.9 Å². The lowest BCUT2D eigenvalue weighted by Gasteiger charge is -2.11. The van der Waals surface area contributed by atoms with E-state index in [1.54, 1.807) is 0 Å². The van der Waals surface area contributed by atoms with E-state index in [4.69, 9.17) is 0 Å². The standard InChI is InChI=1S/C19H19NO/c1-20(2)17-9-5-14(6-10-17)3-4-15-7-11-18-16(13-15)8-12-19(18)21/h3-7,9-11,13H,8,12H2,1-2H3/b4-3+. The van der Waals surface area contributed by atoms with E-state index >= 15 is 0 Å².